The van der Waals surface area contributed by atoms with Gasteiger partial charge >= 0.3 is 22.6 Å². The predicted octanol–water partition coefficient (Wildman–Crippen LogP) is 1.40. The molecule has 0 saturated carbocycles. The summed E-state index contributed by atoms with van der Waals surface area (Å²) in [6, 6.07) is 0. The summed E-state index contributed by atoms with van der Waals surface area (Å²) in [6.07, 6.45) is 10.2. The average Bonchev–Trinajstić information content (AvgIpc) is 2.85. The van der Waals surface area contributed by atoms with Crippen molar-refractivity contribution in [3.8, 4) is 0 Å². The van der Waals surface area contributed by atoms with Gasteiger partial charge in [0.05, 0.1) is 0 Å². The molecule has 0 heterocycles. The van der Waals surface area contributed by atoms with E-state index in [4.69, 9.17) is 9.30 Å². The molecule has 0 amide bonds. The third-order valence-electron chi connectivity index (χ3n) is 1.52. The Morgan fingerprint density at radius 1 is 1.25 bits per heavy atom. The zero-order valence-electron chi connectivity index (χ0n) is 8.73. The number of hydrogen-bond donors (Lipinski definition) is 0. The maximum Gasteiger partial charge on any atom is 0 e. The number of hydrogen-bond acceptors (Lipinski definition) is 2. The summed E-state index contributed by atoms with van der Waals surface area (Å²) in [5.41, 5.74) is 0.846. The maximum absolute atomic E-state index is 11.3. The van der Waals surface area contributed by atoms with Crippen LogP contribution in [0.25, 0.3) is 0 Å². The Kier molecular flexibility index (Phi) is 21.8. The molecule has 1 aliphatic rings. The van der Waals surface area contributed by atoms with E-state index in [1.54, 1.807) is 11.8 Å². The fraction of sp³-hybridized carbons (Fsp3) is 0.273. The van der Waals surface area contributed by atoms with Crippen LogP contribution in [-0.4, -0.2) is 12.0 Å². The largest absolute Gasteiger partial charge is 0 e. The smallest absolute Gasteiger partial charge is 0 e. The maximum atomic E-state index is 11.3. The van der Waals surface area contributed by atoms with Crippen molar-refractivity contribution in [2.45, 2.75) is 6.42 Å². The molecule has 0 fully saturated rings. The second-order valence-electron chi connectivity index (χ2n) is 2.34. The standard InChI is InChI=1S/C9H12OS.2CO.Mn/c1-11-7-6-9(10)8-4-2-3-5-8;2*1-2;/h2-5,10H,6-7H2,1H3;;;/p-1. The van der Waals surface area contributed by atoms with Gasteiger partial charge in [-0.25, -0.2) is 0 Å². The molecule has 0 aliphatic heterocycles. The van der Waals surface area contributed by atoms with E-state index >= 15 is 0 Å². The van der Waals surface area contributed by atoms with Gasteiger partial charge in [-0.2, -0.15) is 11.8 Å². The summed E-state index contributed by atoms with van der Waals surface area (Å²) in [4.78, 5) is 0. The molecule has 0 aromatic rings. The molecule has 5 heteroatoms. The number of allylic oxidation sites excluding steroid dienone is 6. The summed E-state index contributed by atoms with van der Waals surface area (Å²) in [6.45, 7) is 9.00. The van der Waals surface area contributed by atoms with Gasteiger partial charge in [-0.3, -0.25) is 0 Å². The van der Waals surface area contributed by atoms with E-state index in [-0.39, 0.29) is 22.8 Å². The molecule has 0 aromatic heterocycles. The van der Waals surface area contributed by atoms with Crippen LogP contribution in [0, 0.1) is 13.3 Å². The van der Waals surface area contributed by atoms with Gasteiger partial charge in [0.1, 0.15) is 0 Å². The number of thioether (sulfide) groups is 1. The van der Waals surface area contributed by atoms with Crippen LogP contribution in [0.15, 0.2) is 35.6 Å². The van der Waals surface area contributed by atoms with Gasteiger partial charge in [0.25, 0.3) is 0 Å². The molecule has 0 saturated heterocycles. The Balaban J connectivity index is -0.000000305. The fourth-order valence-corrected chi connectivity index (χ4v) is 1.29. The van der Waals surface area contributed by atoms with Gasteiger partial charge in [0.15, 0.2) is 0 Å². The van der Waals surface area contributed by atoms with Crippen LogP contribution in [0.5, 0.6) is 0 Å². The van der Waals surface area contributed by atoms with Crippen LogP contribution < -0.4 is 5.11 Å². The number of rotatable bonds is 3. The second-order valence-corrected chi connectivity index (χ2v) is 3.33. The SMILES string of the molecule is CSCCC([O-])=C1C=CC=C1.[C-]#[O+].[C-]#[O+].[Mn]. The van der Waals surface area contributed by atoms with Crippen molar-refractivity contribution in [1.29, 1.82) is 0 Å². The van der Waals surface area contributed by atoms with Gasteiger partial charge in [-0.1, -0.05) is 24.3 Å². The van der Waals surface area contributed by atoms with Crippen LogP contribution in [0.3, 0.4) is 0 Å². The topological polar surface area (TPSA) is 62.9 Å². The molecule has 0 spiro atoms. The van der Waals surface area contributed by atoms with Gasteiger partial charge in [0, 0.05) is 17.1 Å². The third kappa shape index (κ3) is 9.91. The summed E-state index contributed by atoms with van der Waals surface area (Å²) in [7, 11) is 0. The molecule has 1 radical (unpaired) electrons. The molecule has 87 valence electrons. The molecular weight excluding hydrogens is 267 g/mol. The molecule has 0 bridgehead atoms. The van der Waals surface area contributed by atoms with Gasteiger partial charge in [0.2, 0.25) is 0 Å². The van der Waals surface area contributed by atoms with Gasteiger partial charge in [-0.05, 0) is 24.0 Å². The first-order chi connectivity index (χ1) is 7.34. The van der Waals surface area contributed by atoms with E-state index in [1.807, 2.05) is 30.6 Å². The van der Waals surface area contributed by atoms with Crippen molar-refractivity contribution in [3.63, 3.8) is 0 Å². The van der Waals surface area contributed by atoms with E-state index in [2.05, 4.69) is 13.3 Å². The molecular formula is C11H11MnO3S-. The van der Waals surface area contributed by atoms with E-state index in [1.165, 1.54) is 0 Å². The first-order valence-corrected chi connectivity index (χ1v) is 5.38. The van der Waals surface area contributed by atoms with Crippen molar-refractivity contribution >= 4 is 11.8 Å². The third-order valence-corrected chi connectivity index (χ3v) is 2.13. The molecule has 0 unspecified atom stereocenters. The summed E-state index contributed by atoms with van der Waals surface area (Å²) in [5, 5.41) is 11.3. The van der Waals surface area contributed by atoms with Crippen LogP contribution in [0.1, 0.15) is 6.42 Å². The normalized spacial score (nSPS) is 10.2. The van der Waals surface area contributed by atoms with Crippen molar-refractivity contribution in [1.82, 2.24) is 0 Å². The molecule has 0 atom stereocenters. The molecule has 1 rings (SSSR count). The van der Waals surface area contributed by atoms with E-state index in [9.17, 15) is 5.11 Å². The van der Waals surface area contributed by atoms with Crippen molar-refractivity contribution in [2.75, 3.05) is 12.0 Å². The quantitative estimate of drug-likeness (QED) is 0.339. The minimum Gasteiger partial charge on any atom is 0 e. The molecule has 0 aromatic carbocycles. The molecule has 3 nitrogen and oxygen atoms in total. The van der Waals surface area contributed by atoms with Crippen LogP contribution in [0.2, 0.25) is 0 Å². The van der Waals surface area contributed by atoms with Crippen LogP contribution >= 0.6 is 11.8 Å². The first kappa shape index (κ1) is 20.7. The van der Waals surface area contributed by atoms with Crippen LogP contribution in [-0.2, 0) is 26.4 Å². The summed E-state index contributed by atoms with van der Waals surface area (Å²) < 4.78 is 15.0. The Morgan fingerprint density at radius 2 is 1.69 bits per heavy atom. The summed E-state index contributed by atoms with van der Waals surface area (Å²) in [5.74, 6) is 1.17. The van der Waals surface area contributed by atoms with Gasteiger partial charge < -0.3 is 5.11 Å². The van der Waals surface area contributed by atoms with Gasteiger partial charge in [-0.15, -0.1) is 5.76 Å². The minimum atomic E-state index is 0. The Hall–Kier alpha value is -0.631. The first-order valence-electron chi connectivity index (χ1n) is 3.99. The predicted molar refractivity (Wildman–Crippen MR) is 56.2 cm³/mol. The van der Waals surface area contributed by atoms with Crippen molar-refractivity contribution in [3.05, 3.63) is 48.9 Å². The molecule has 16 heavy (non-hydrogen) atoms. The second kappa shape index (κ2) is 16.8. The fourth-order valence-electron chi connectivity index (χ4n) is 0.899. The van der Waals surface area contributed by atoms with E-state index < -0.39 is 0 Å². The Bertz CT molecular complexity index is 270. The average molecular weight is 278 g/mol. The molecule has 1 aliphatic carbocycles. The molecule has 0 N–H and O–H groups in total. The van der Waals surface area contributed by atoms with E-state index in [0.29, 0.717) is 6.42 Å². The minimum absolute atomic E-state index is 0. The zero-order chi connectivity index (χ0) is 12.1. The van der Waals surface area contributed by atoms with E-state index in [0.717, 1.165) is 11.3 Å². The van der Waals surface area contributed by atoms with Crippen LogP contribution in [0.4, 0.5) is 0 Å². The summed E-state index contributed by atoms with van der Waals surface area (Å²) >= 11 is 1.71. The monoisotopic (exact) mass is 278 g/mol. The van der Waals surface area contributed by atoms with Crippen molar-refractivity contribution < 1.29 is 31.5 Å². The zero-order valence-corrected chi connectivity index (χ0v) is 10.7. The van der Waals surface area contributed by atoms with Crippen molar-refractivity contribution in [2.24, 2.45) is 0 Å². The Labute approximate surface area is 111 Å². The Morgan fingerprint density at radius 3 is 2.06 bits per heavy atom.